The Labute approximate surface area is 172 Å². The number of nitrogens with zero attached hydrogens (tertiary/aromatic N) is 2. The van der Waals surface area contributed by atoms with Gasteiger partial charge in [-0.3, -0.25) is 0 Å². The fourth-order valence-electron chi connectivity index (χ4n) is 3.99. The number of anilines is 1. The lowest BCUT2D eigenvalue weighted by molar-refractivity contribution is 0.354. The zero-order chi connectivity index (χ0) is 18.6. The molecular formula is C22H28ClN3O2. The molecule has 28 heavy (non-hydrogen) atoms. The Morgan fingerprint density at radius 3 is 2.54 bits per heavy atom. The zero-order valence-corrected chi connectivity index (χ0v) is 17.3. The molecule has 0 atom stereocenters. The summed E-state index contributed by atoms with van der Waals surface area (Å²) < 4.78 is 13.0. The Balaban J connectivity index is 0.00000225. The number of imidazole rings is 1. The Morgan fingerprint density at radius 1 is 1.00 bits per heavy atom. The summed E-state index contributed by atoms with van der Waals surface area (Å²) in [6.45, 7) is 0.717. The number of halogens is 1. The van der Waals surface area contributed by atoms with Crippen LogP contribution in [-0.2, 0) is 6.54 Å². The van der Waals surface area contributed by atoms with Crippen LogP contribution in [0.3, 0.4) is 0 Å². The van der Waals surface area contributed by atoms with E-state index < -0.39 is 0 Å². The van der Waals surface area contributed by atoms with Crippen molar-refractivity contribution in [3.8, 4) is 11.5 Å². The molecule has 4 rings (SSSR count). The lowest BCUT2D eigenvalue weighted by Gasteiger charge is -2.23. The van der Waals surface area contributed by atoms with Crippen molar-refractivity contribution in [1.29, 1.82) is 0 Å². The van der Waals surface area contributed by atoms with E-state index in [4.69, 9.17) is 9.47 Å². The average Bonchev–Trinajstić information content (AvgIpc) is 3.16. The van der Waals surface area contributed by atoms with Crippen LogP contribution in [0.4, 0.5) is 5.69 Å². The van der Waals surface area contributed by atoms with Gasteiger partial charge in [-0.25, -0.2) is 4.98 Å². The van der Waals surface area contributed by atoms with E-state index in [0.29, 0.717) is 6.04 Å². The molecule has 1 N–H and O–H groups in total. The predicted octanol–water partition coefficient (Wildman–Crippen LogP) is 5.59. The number of hydrogen-bond donors (Lipinski definition) is 1. The second-order valence-electron chi connectivity index (χ2n) is 7.19. The maximum absolute atomic E-state index is 5.38. The molecule has 0 radical (unpaired) electrons. The minimum atomic E-state index is 0. The van der Waals surface area contributed by atoms with Gasteiger partial charge in [-0.2, -0.15) is 0 Å². The van der Waals surface area contributed by atoms with Gasteiger partial charge in [0.15, 0.2) is 11.5 Å². The molecule has 0 saturated heterocycles. The highest BCUT2D eigenvalue weighted by molar-refractivity contribution is 5.85. The van der Waals surface area contributed by atoms with Crippen LogP contribution in [-0.4, -0.2) is 23.8 Å². The SMILES string of the molecule is COc1ccc(CNc2ccc3c(c2)ncn3C2CCCCC2)cc1OC.Cl. The van der Waals surface area contributed by atoms with Crippen molar-refractivity contribution in [2.45, 2.75) is 44.7 Å². The van der Waals surface area contributed by atoms with E-state index >= 15 is 0 Å². The molecule has 1 aliphatic carbocycles. The van der Waals surface area contributed by atoms with Gasteiger partial charge in [0.1, 0.15) is 0 Å². The van der Waals surface area contributed by atoms with E-state index in [9.17, 15) is 0 Å². The molecule has 0 bridgehead atoms. The summed E-state index contributed by atoms with van der Waals surface area (Å²) >= 11 is 0. The van der Waals surface area contributed by atoms with Crippen molar-refractivity contribution in [3.63, 3.8) is 0 Å². The van der Waals surface area contributed by atoms with Crippen molar-refractivity contribution in [2.24, 2.45) is 0 Å². The molecule has 1 heterocycles. The quantitative estimate of drug-likeness (QED) is 0.584. The number of hydrogen-bond acceptors (Lipinski definition) is 4. The van der Waals surface area contributed by atoms with Gasteiger partial charge in [0.25, 0.3) is 0 Å². The van der Waals surface area contributed by atoms with Crippen LogP contribution in [0.2, 0.25) is 0 Å². The summed E-state index contributed by atoms with van der Waals surface area (Å²) in [5, 5.41) is 3.49. The first kappa shape index (κ1) is 20.3. The molecule has 2 aromatic carbocycles. The highest BCUT2D eigenvalue weighted by Gasteiger charge is 2.17. The Hall–Kier alpha value is -2.40. The van der Waals surface area contributed by atoms with E-state index in [1.165, 1.54) is 37.6 Å². The number of methoxy groups -OCH3 is 2. The van der Waals surface area contributed by atoms with Gasteiger partial charge >= 0.3 is 0 Å². The maximum Gasteiger partial charge on any atom is 0.161 e. The summed E-state index contributed by atoms with van der Waals surface area (Å²) in [7, 11) is 3.31. The average molecular weight is 402 g/mol. The first-order chi connectivity index (χ1) is 13.3. The lowest BCUT2D eigenvalue weighted by Crippen LogP contribution is -2.11. The topological polar surface area (TPSA) is 48.3 Å². The van der Waals surface area contributed by atoms with Gasteiger partial charge in [-0.1, -0.05) is 25.3 Å². The summed E-state index contributed by atoms with van der Waals surface area (Å²) in [6, 6.07) is 13.1. The molecular weight excluding hydrogens is 374 g/mol. The number of ether oxygens (including phenoxy) is 2. The highest BCUT2D eigenvalue weighted by atomic mass is 35.5. The second kappa shape index (κ2) is 9.20. The van der Waals surface area contributed by atoms with Gasteiger partial charge in [-0.15, -0.1) is 12.4 Å². The minimum Gasteiger partial charge on any atom is -0.493 e. The van der Waals surface area contributed by atoms with E-state index in [-0.39, 0.29) is 12.4 Å². The second-order valence-corrected chi connectivity index (χ2v) is 7.19. The Bertz CT molecular complexity index is 919. The van der Waals surface area contributed by atoms with Crippen LogP contribution in [0.5, 0.6) is 11.5 Å². The Kier molecular flexibility index (Phi) is 6.68. The van der Waals surface area contributed by atoms with Crippen LogP contribution in [0, 0.1) is 0 Å². The fourth-order valence-corrected chi connectivity index (χ4v) is 3.99. The summed E-state index contributed by atoms with van der Waals surface area (Å²) in [5.41, 5.74) is 4.50. The predicted molar refractivity (Wildman–Crippen MR) is 116 cm³/mol. The normalized spacial score (nSPS) is 14.5. The lowest BCUT2D eigenvalue weighted by atomic mass is 9.95. The zero-order valence-electron chi connectivity index (χ0n) is 16.5. The van der Waals surface area contributed by atoms with Crippen LogP contribution < -0.4 is 14.8 Å². The molecule has 5 nitrogen and oxygen atoms in total. The molecule has 0 unspecified atom stereocenters. The molecule has 0 amide bonds. The molecule has 1 aliphatic rings. The number of benzene rings is 2. The standard InChI is InChI=1S/C22H27N3O2.ClH/c1-26-21-11-8-16(12-22(21)27-2)14-23-17-9-10-20-19(13-17)24-15-25(20)18-6-4-3-5-7-18;/h8-13,15,18,23H,3-7,14H2,1-2H3;1H. The highest BCUT2D eigenvalue weighted by Crippen LogP contribution is 2.32. The van der Waals surface area contributed by atoms with Gasteiger partial charge < -0.3 is 19.4 Å². The van der Waals surface area contributed by atoms with Crippen LogP contribution in [0.1, 0.15) is 43.7 Å². The molecule has 150 valence electrons. The molecule has 0 aliphatic heterocycles. The smallest absolute Gasteiger partial charge is 0.161 e. The van der Waals surface area contributed by atoms with Gasteiger partial charge in [0, 0.05) is 18.3 Å². The van der Waals surface area contributed by atoms with Crippen LogP contribution >= 0.6 is 12.4 Å². The third-order valence-corrected chi connectivity index (χ3v) is 5.49. The summed E-state index contributed by atoms with van der Waals surface area (Å²) in [6.07, 6.45) is 8.58. The van der Waals surface area contributed by atoms with Crippen LogP contribution in [0.25, 0.3) is 11.0 Å². The molecule has 6 heteroatoms. The minimum absolute atomic E-state index is 0. The Morgan fingerprint density at radius 2 is 1.79 bits per heavy atom. The fraction of sp³-hybridized carbons (Fsp3) is 0.409. The monoisotopic (exact) mass is 401 g/mol. The van der Waals surface area contributed by atoms with Crippen molar-refractivity contribution in [2.75, 3.05) is 19.5 Å². The van der Waals surface area contributed by atoms with E-state index in [2.05, 4.69) is 33.1 Å². The molecule has 3 aromatic rings. The van der Waals surface area contributed by atoms with Crippen molar-refractivity contribution in [1.82, 2.24) is 9.55 Å². The van der Waals surface area contributed by atoms with Crippen LogP contribution in [0.15, 0.2) is 42.7 Å². The number of fused-ring (bicyclic) bond motifs is 1. The first-order valence-corrected chi connectivity index (χ1v) is 9.70. The number of aromatic nitrogens is 2. The van der Waals surface area contributed by atoms with E-state index in [0.717, 1.165) is 34.8 Å². The summed E-state index contributed by atoms with van der Waals surface area (Å²) in [5.74, 6) is 1.49. The number of rotatable bonds is 6. The third kappa shape index (κ3) is 4.20. The summed E-state index contributed by atoms with van der Waals surface area (Å²) in [4.78, 5) is 4.65. The maximum atomic E-state index is 5.38. The van der Waals surface area contributed by atoms with Gasteiger partial charge in [0.05, 0.1) is 31.6 Å². The van der Waals surface area contributed by atoms with Crippen molar-refractivity contribution < 1.29 is 9.47 Å². The van der Waals surface area contributed by atoms with Gasteiger partial charge in [0.2, 0.25) is 0 Å². The molecule has 1 aromatic heterocycles. The van der Waals surface area contributed by atoms with Gasteiger partial charge in [-0.05, 0) is 48.7 Å². The molecule has 1 fully saturated rings. The first-order valence-electron chi connectivity index (χ1n) is 9.70. The molecule has 1 saturated carbocycles. The van der Waals surface area contributed by atoms with Crippen molar-refractivity contribution in [3.05, 3.63) is 48.3 Å². The van der Waals surface area contributed by atoms with Crippen molar-refractivity contribution >= 4 is 29.1 Å². The largest absolute Gasteiger partial charge is 0.493 e. The van der Waals surface area contributed by atoms with E-state index in [1.807, 2.05) is 24.5 Å². The van der Waals surface area contributed by atoms with E-state index in [1.54, 1.807) is 14.2 Å². The molecule has 0 spiro atoms. The third-order valence-electron chi connectivity index (χ3n) is 5.49. The number of nitrogens with one attached hydrogen (secondary N) is 1.